The van der Waals surface area contributed by atoms with Gasteiger partial charge in [0, 0.05) is 18.7 Å². The molecule has 9 heteroatoms. The topological polar surface area (TPSA) is 99.0 Å². The van der Waals surface area contributed by atoms with E-state index in [1.807, 2.05) is 6.07 Å². The summed E-state index contributed by atoms with van der Waals surface area (Å²) in [5, 5.41) is 11.1. The Kier molecular flexibility index (Phi) is 4.84. The zero-order valence-corrected chi connectivity index (χ0v) is 15.1. The molecule has 0 saturated heterocycles. The summed E-state index contributed by atoms with van der Waals surface area (Å²) in [6.07, 6.45) is -0.481. The molecule has 1 heterocycles. The van der Waals surface area contributed by atoms with Crippen molar-refractivity contribution in [3.8, 4) is 11.5 Å². The zero-order valence-electron chi connectivity index (χ0n) is 14.3. The van der Waals surface area contributed by atoms with Crippen molar-refractivity contribution in [3.05, 3.63) is 58.1 Å². The van der Waals surface area contributed by atoms with Crippen LogP contribution in [0, 0.1) is 17.0 Å². The molecule has 1 unspecified atom stereocenters. The molecule has 0 N–H and O–H groups in total. The SMILES string of the molecule is Cc1ccc(S(=O)(=O)N(C)CC2COc3ccccc3O2)cc1[N+](=O)[O-]. The second kappa shape index (κ2) is 6.93. The number of sulfonamides is 1. The second-order valence-electron chi connectivity index (χ2n) is 5.99. The molecule has 2 aromatic carbocycles. The Bertz CT molecular complexity index is 944. The van der Waals surface area contributed by atoms with Gasteiger partial charge < -0.3 is 9.47 Å². The van der Waals surface area contributed by atoms with Crippen LogP contribution >= 0.6 is 0 Å². The molecule has 1 aliphatic rings. The third-order valence-corrected chi connectivity index (χ3v) is 5.93. The van der Waals surface area contributed by atoms with E-state index in [1.165, 1.54) is 19.2 Å². The maximum atomic E-state index is 12.7. The van der Waals surface area contributed by atoms with Gasteiger partial charge in [0.1, 0.15) is 12.7 Å². The first-order chi connectivity index (χ1) is 12.3. The molecule has 26 heavy (non-hydrogen) atoms. The van der Waals surface area contributed by atoms with Crippen LogP contribution in [-0.4, -0.2) is 43.9 Å². The molecule has 0 saturated carbocycles. The highest BCUT2D eigenvalue weighted by atomic mass is 32.2. The minimum atomic E-state index is -3.90. The van der Waals surface area contributed by atoms with Crippen molar-refractivity contribution in [2.45, 2.75) is 17.9 Å². The highest BCUT2D eigenvalue weighted by Crippen LogP contribution is 2.31. The van der Waals surface area contributed by atoms with Crippen LogP contribution in [0.1, 0.15) is 5.56 Å². The Morgan fingerprint density at radius 1 is 1.23 bits per heavy atom. The van der Waals surface area contributed by atoms with E-state index in [4.69, 9.17) is 9.47 Å². The van der Waals surface area contributed by atoms with Crippen molar-refractivity contribution >= 4 is 15.7 Å². The molecular weight excluding hydrogens is 360 g/mol. The Morgan fingerprint density at radius 3 is 2.62 bits per heavy atom. The molecule has 0 aliphatic carbocycles. The minimum absolute atomic E-state index is 0.0539. The Labute approximate surface area is 151 Å². The molecular formula is C17H18N2O6S. The lowest BCUT2D eigenvalue weighted by Crippen LogP contribution is -2.41. The van der Waals surface area contributed by atoms with Gasteiger partial charge in [-0.25, -0.2) is 8.42 Å². The average molecular weight is 378 g/mol. The summed E-state index contributed by atoms with van der Waals surface area (Å²) in [4.78, 5) is 10.3. The molecule has 1 aliphatic heterocycles. The van der Waals surface area contributed by atoms with E-state index in [9.17, 15) is 18.5 Å². The van der Waals surface area contributed by atoms with Crippen molar-refractivity contribution in [3.63, 3.8) is 0 Å². The first kappa shape index (κ1) is 18.2. The van der Waals surface area contributed by atoms with Crippen LogP contribution < -0.4 is 9.47 Å². The van der Waals surface area contributed by atoms with Crippen molar-refractivity contribution in [2.75, 3.05) is 20.2 Å². The smallest absolute Gasteiger partial charge is 0.273 e. The predicted molar refractivity (Wildman–Crippen MR) is 94.0 cm³/mol. The fourth-order valence-corrected chi connectivity index (χ4v) is 3.89. The molecule has 2 aromatic rings. The summed E-state index contributed by atoms with van der Waals surface area (Å²) in [5.74, 6) is 1.17. The third kappa shape index (κ3) is 3.49. The van der Waals surface area contributed by atoms with Gasteiger partial charge in [0.05, 0.1) is 16.4 Å². The number of nitrogens with zero attached hydrogens (tertiary/aromatic N) is 2. The van der Waals surface area contributed by atoms with Crippen LogP contribution in [0.5, 0.6) is 11.5 Å². The van der Waals surface area contributed by atoms with Crippen molar-refractivity contribution in [1.29, 1.82) is 0 Å². The number of nitro groups is 1. The number of hydrogen-bond donors (Lipinski definition) is 0. The van der Waals surface area contributed by atoms with E-state index < -0.39 is 21.1 Å². The van der Waals surface area contributed by atoms with Crippen LogP contribution in [-0.2, 0) is 10.0 Å². The quantitative estimate of drug-likeness (QED) is 0.585. The fraction of sp³-hybridized carbons (Fsp3) is 0.294. The molecule has 0 radical (unpaired) electrons. The number of benzene rings is 2. The minimum Gasteiger partial charge on any atom is -0.486 e. The number of nitro benzene ring substituents is 1. The molecule has 3 rings (SSSR count). The van der Waals surface area contributed by atoms with Gasteiger partial charge >= 0.3 is 0 Å². The fourth-order valence-electron chi connectivity index (χ4n) is 2.66. The first-order valence-electron chi connectivity index (χ1n) is 7.89. The lowest BCUT2D eigenvalue weighted by Gasteiger charge is -2.29. The molecule has 0 bridgehead atoms. The maximum absolute atomic E-state index is 12.7. The standard InChI is InChI=1S/C17H18N2O6S/c1-12-7-8-14(9-15(12)19(20)21)26(22,23)18(2)10-13-11-24-16-5-3-4-6-17(16)25-13/h3-9,13H,10-11H2,1-2H3. The predicted octanol–water partition coefficient (Wildman–Crippen LogP) is 2.36. The highest BCUT2D eigenvalue weighted by Gasteiger charge is 2.29. The Morgan fingerprint density at radius 2 is 1.92 bits per heavy atom. The summed E-state index contributed by atoms with van der Waals surface area (Å²) < 4.78 is 38.0. The normalized spacial score (nSPS) is 16.5. The summed E-state index contributed by atoms with van der Waals surface area (Å²) in [5.41, 5.74) is 0.169. The number of hydrogen-bond acceptors (Lipinski definition) is 6. The second-order valence-corrected chi connectivity index (χ2v) is 8.03. The average Bonchev–Trinajstić information content (AvgIpc) is 2.61. The van der Waals surface area contributed by atoms with E-state index in [1.54, 1.807) is 25.1 Å². The van der Waals surface area contributed by atoms with Gasteiger partial charge in [-0.05, 0) is 25.1 Å². The van der Waals surface area contributed by atoms with Gasteiger partial charge in [-0.15, -0.1) is 0 Å². The summed E-state index contributed by atoms with van der Waals surface area (Å²) in [6, 6.07) is 11.0. The van der Waals surface area contributed by atoms with Gasteiger partial charge in [0.25, 0.3) is 5.69 Å². The van der Waals surface area contributed by atoms with Crippen LogP contribution in [0.25, 0.3) is 0 Å². The van der Waals surface area contributed by atoms with Gasteiger partial charge in [-0.2, -0.15) is 4.31 Å². The summed E-state index contributed by atoms with van der Waals surface area (Å²) in [6.45, 7) is 1.83. The Hall–Kier alpha value is -2.65. The summed E-state index contributed by atoms with van der Waals surface area (Å²) in [7, 11) is -2.49. The number of likely N-dealkylation sites (N-methyl/N-ethyl adjacent to an activating group) is 1. The van der Waals surface area contributed by atoms with E-state index in [0.29, 0.717) is 17.1 Å². The molecule has 1 atom stereocenters. The lowest BCUT2D eigenvalue weighted by atomic mass is 10.2. The highest BCUT2D eigenvalue weighted by molar-refractivity contribution is 7.89. The zero-order chi connectivity index (χ0) is 18.9. The molecule has 0 amide bonds. The van der Waals surface area contributed by atoms with E-state index in [2.05, 4.69) is 0 Å². The van der Waals surface area contributed by atoms with Crippen LogP contribution in [0.15, 0.2) is 47.4 Å². The molecule has 138 valence electrons. The van der Waals surface area contributed by atoms with Crippen molar-refractivity contribution < 1.29 is 22.8 Å². The first-order valence-corrected chi connectivity index (χ1v) is 9.33. The van der Waals surface area contributed by atoms with Gasteiger partial charge in [-0.3, -0.25) is 10.1 Å². The monoisotopic (exact) mass is 378 g/mol. The van der Waals surface area contributed by atoms with Crippen molar-refractivity contribution in [2.24, 2.45) is 0 Å². The maximum Gasteiger partial charge on any atom is 0.273 e. The van der Waals surface area contributed by atoms with E-state index in [-0.39, 0.29) is 23.7 Å². The number of fused-ring (bicyclic) bond motifs is 1. The van der Waals surface area contributed by atoms with Crippen LogP contribution in [0.4, 0.5) is 5.69 Å². The third-order valence-electron chi connectivity index (χ3n) is 4.11. The lowest BCUT2D eigenvalue weighted by molar-refractivity contribution is -0.385. The number of ether oxygens (including phenoxy) is 2. The number of aryl methyl sites for hydroxylation is 1. The number of rotatable bonds is 5. The van der Waals surface area contributed by atoms with E-state index in [0.717, 1.165) is 10.4 Å². The largest absolute Gasteiger partial charge is 0.486 e. The van der Waals surface area contributed by atoms with Gasteiger partial charge in [0.2, 0.25) is 10.0 Å². The van der Waals surface area contributed by atoms with Gasteiger partial charge in [-0.1, -0.05) is 18.2 Å². The van der Waals surface area contributed by atoms with Crippen LogP contribution in [0.3, 0.4) is 0 Å². The van der Waals surface area contributed by atoms with Gasteiger partial charge in [0.15, 0.2) is 11.5 Å². The molecule has 0 aromatic heterocycles. The van der Waals surface area contributed by atoms with E-state index >= 15 is 0 Å². The molecule has 0 fully saturated rings. The molecule has 8 nitrogen and oxygen atoms in total. The number of para-hydroxylation sites is 2. The molecule has 0 spiro atoms. The summed E-state index contributed by atoms with van der Waals surface area (Å²) >= 11 is 0. The Balaban J connectivity index is 1.78. The van der Waals surface area contributed by atoms with Crippen LogP contribution in [0.2, 0.25) is 0 Å². The van der Waals surface area contributed by atoms with Crippen molar-refractivity contribution in [1.82, 2.24) is 4.31 Å².